The van der Waals surface area contributed by atoms with E-state index in [2.05, 4.69) is 39.7 Å². The van der Waals surface area contributed by atoms with Crippen LogP contribution in [0.1, 0.15) is 66.8 Å². The smallest absolute Gasteiger partial charge is 0.267 e. The second-order valence-corrected chi connectivity index (χ2v) is 10.9. The third-order valence-corrected chi connectivity index (χ3v) is 7.04. The largest absolute Gasteiger partial charge is 0.501 e. The van der Waals surface area contributed by atoms with E-state index < -0.39 is 0 Å². The summed E-state index contributed by atoms with van der Waals surface area (Å²) in [5.74, 6) is -0.0304. The van der Waals surface area contributed by atoms with E-state index in [1.807, 2.05) is 18.2 Å². The van der Waals surface area contributed by atoms with Gasteiger partial charge in [0.05, 0.1) is 18.8 Å². The Kier molecular flexibility index (Phi) is 8.19. The lowest BCUT2D eigenvalue weighted by molar-refractivity contribution is 0.0661. The molecular weight excluding hydrogens is 484 g/mol. The molecule has 1 saturated carbocycles. The van der Waals surface area contributed by atoms with Crippen molar-refractivity contribution in [2.75, 3.05) is 13.7 Å². The van der Waals surface area contributed by atoms with Crippen LogP contribution in [-0.4, -0.2) is 45.9 Å². The molecule has 6 nitrogen and oxygen atoms in total. The summed E-state index contributed by atoms with van der Waals surface area (Å²) in [5, 5.41) is 13.0. The molecule has 0 bridgehead atoms. The van der Waals surface area contributed by atoms with Crippen LogP contribution in [0.25, 0.3) is 0 Å². The zero-order valence-electron chi connectivity index (χ0n) is 19.5. The van der Waals surface area contributed by atoms with E-state index in [0.29, 0.717) is 34.7 Å². The molecule has 3 atom stereocenters. The van der Waals surface area contributed by atoms with E-state index in [1.54, 1.807) is 13.0 Å². The molecule has 1 aromatic rings. The van der Waals surface area contributed by atoms with E-state index in [1.165, 1.54) is 13.3 Å². The summed E-state index contributed by atoms with van der Waals surface area (Å²) in [6, 6.07) is 1.55. The number of methoxy groups -OCH3 is 1. The fourth-order valence-corrected chi connectivity index (χ4v) is 4.53. The molecule has 1 unspecified atom stereocenters. The number of nitrogens with one attached hydrogen (secondary N) is 2. The molecule has 178 valence electrons. The Hall–Kier alpha value is -2.38. The van der Waals surface area contributed by atoms with Crippen LogP contribution in [0.15, 0.2) is 59.5 Å². The molecule has 2 aliphatic rings. The number of amides is 1. The summed E-state index contributed by atoms with van der Waals surface area (Å²) in [6.45, 7) is 8.39. The molecular formula is C26H33BrN2O4. The Labute approximate surface area is 204 Å². The van der Waals surface area contributed by atoms with E-state index in [-0.39, 0.29) is 28.0 Å². The number of aliphatic hydroxyl groups is 1. The van der Waals surface area contributed by atoms with Crippen molar-refractivity contribution >= 4 is 27.6 Å². The molecule has 0 aliphatic heterocycles. The van der Waals surface area contributed by atoms with E-state index in [4.69, 9.17) is 4.74 Å². The number of hydrogen-bond donors (Lipinski definition) is 3. The van der Waals surface area contributed by atoms with Crippen molar-refractivity contribution < 1.29 is 19.4 Å². The lowest BCUT2D eigenvalue weighted by Gasteiger charge is -2.27. The van der Waals surface area contributed by atoms with Gasteiger partial charge in [0, 0.05) is 28.5 Å². The van der Waals surface area contributed by atoms with Gasteiger partial charge in [0.2, 0.25) is 0 Å². The number of aliphatic hydroxyl groups excluding tert-OH is 1. The topological polar surface area (TPSA) is 91.4 Å². The number of H-pyrrole nitrogens is 1. The first-order chi connectivity index (χ1) is 15.6. The quantitative estimate of drug-likeness (QED) is 0.149. The van der Waals surface area contributed by atoms with Gasteiger partial charge in [-0.2, -0.15) is 0 Å². The Balaban J connectivity index is 1.73. The van der Waals surface area contributed by atoms with Gasteiger partial charge in [-0.1, -0.05) is 53.6 Å². The first kappa shape index (κ1) is 25.2. The highest BCUT2D eigenvalue weighted by molar-refractivity contribution is 9.10. The Morgan fingerprint density at radius 3 is 2.73 bits per heavy atom. The van der Waals surface area contributed by atoms with Crippen LogP contribution in [0.5, 0.6) is 0 Å². The van der Waals surface area contributed by atoms with Crippen LogP contribution in [0, 0.1) is 5.92 Å². The standard InChI is InChI=1S/C26H33BrN2O4/c1-16(18-9-11-26(3,27)12-10-18)23(17(2)33-4)24(31)20-13-21(28-15-20)25(32)29-14-19-7-5-6-8-22(19)30/h9-11,13,15,19,22,28,30H,1,5-8,12,14H2,2-4H3,(H,29,32)/b23-17+/t19-,22+,26?/m0/s1. The second kappa shape index (κ2) is 10.7. The molecule has 1 fully saturated rings. The van der Waals surface area contributed by atoms with Crippen molar-refractivity contribution in [1.29, 1.82) is 0 Å². The molecule has 1 amide bonds. The number of carbonyl (C=O) groups excluding carboxylic acids is 2. The number of alkyl halides is 1. The molecule has 3 rings (SSSR count). The molecule has 0 saturated heterocycles. The van der Waals surface area contributed by atoms with Crippen molar-refractivity contribution in [3.05, 3.63) is 70.8 Å². The molecule has 3 N–H and O–H groups in total. The highest BCUT2D eigenvalue weighted by Crippen LogP contribution is 2.34. The highest BCUT2D eigenvalue weighted by Gasteiger charge is 2.27. The number of ether oxygens (including phenoxy) is 1. The van der Waals surface area contributed by atoms with Crippen LogP contribution in [0.2, 0.25) is 0 Å². The second-order valence-electron chi connectivity index (χ2n) is 9.04. The van der Waals surface area contributed by atoms with Crippen LogP contribution in [0.4, 0.5) is 0 Å². The van der Waals surface area contributed by atoms with Crippen molar-refractivity contribution in [2.24, 2.45) is 5.92 Å². The number of rotatable bonds is 8. The SMILES string of the molecule is C=C(C1=CCC(C)(Br)C=C1)/C(C(=O)c1c[nH]c(C(=O)NC[C@@H]2CCCC[C@H]2O)c1)=C(/C)OC. The van der Waals surface area contributed by atoms with Crippen LogP contribution in [0.3, 0.4) is 0 Å². The van der Waals surface area contributed by atoms with Gasteiger partial charge in [-0.25, -0.2) is 0 Å². The first-order valence-electron chi connectivity index (χ1n) is 11.3. The third-order valence-electron chi connectivity index (χ3n) is 6.45. The summed E-state index contributed by atoms with van der Waals surface area (Å²) in [7, 11) is 1.52. The van der Waals surface area contributed by atoms with Crippen molar-refractivity contribution in [3.63, 3.8) is 0 Å². The number of hydrogen-bond acceptors (Lipinski definition) is 4. The van der Waals surface area contributed by atoms with Gasteiger partial charge in [-0.05, 0) is 50.3 Å². The van der Waals surface area contributed by atoms with E-state index in [0.717, 1.165) is 37.7 Å². The van der Waals surface area contributed by atoms with E-state index in [9.17, 15) is 14.7 Å². The number of aromatic amines is 1. The maximum absolute atomic E-state index is 13.4. The summed E-state index contributed by atoms with van der Waals surface area (Å²) in [4.78, 5) is 28.9. The number of halogens is 1. The van der Waals surface area contributed by atoms with Gasteiger partial charge in [0.15, 0.2) is 5.78 Å². The molecule has 0 spiro atoms. The number of Topliss-reactive ketones (excluding diaryl/α,β-unsaturated/α-hetero) is 1. The average molecular weight is 517 g/mol. The predicted molar refractivity (Wildman–Crippen MR) is 133 cm³/mol. The molecule has 1 aromatic heterocycles. The molecule has 33 heavy (non-hydrogen) atoms. The van der Waals surface area contributed by atoms with Crippen molar-refractivity contribution in [1.82, 2.24) is 10.3 Å². The maximum atomic E-state index is 13.4. The Morgan fingerprint density at radius 2 is 2.09 bits per heavy atom. The molecule has 0 aromatic carbocycles. The molecule has 7 heteroatoms. The fourth-order valence-electron chi connectivity index (χ4n) is 4.23. The zero-order valence-corrected chi connectivity index (χ0v) is 21.1. The fraction of sp³-hybridized carbons (Fsp3) is 0.462. The van der Waals surface area contributed by atoms with Gasteiger partial charge < -0.3 is 20.1 Å². The van der Waals surface area contributed by atoms with E-state index >= 15 is 0 Å². The molecule has 2 aliphatic carbocycles. The molecule has 0 radical (unpaired) electrons. The predicted octanol–water partition coefficient (Wildman–Crippen LogP) is 4.99. The number of carbonyl (C=O) groups is 2. The Morgan fingerprint density at radius 1 is 1.36 bits per heavy atom. The molecule has 1 heterocycles. The third kappa shape index (κ3) is 6.15. The average Bonchev–Trinajstić information content (AvgIpc) is 3.28. The number of ketones is 1. The zero-order chi connectivity index (χ0) is 24.2. The number of allylic oxidation sites excluding steroid dienone is 7. The minimum absolute atomic E-state index is 0.0687. The maximum Gasteiger partial charge on any atom is 0.267 e. The Bertz CT molecular complexity index is 1020. The van der Waals surface area contributed by atoms with Gasteiger partial charge in [0.1, 0.15) is 11.5 Å². The number of aromatic nitrogens is 1. The lowest BCUT2D eigenvalue weighted by Crippen LogP contribution is -2.36. The normalized spacial score (nSPS) is 25.7. The van der Waals surface area contributed by atoms with Crippen LogP contribution >= 0.6 is 15.9 Å². The van der Waals surface area contributed by atoms with Gasteiger partial charge in [-0.15, -0.1) is 0 Å². The van der Waals surface area contributed by atoms with Crippen molar-refractivity contribution in [2.45, 2.75) is 56.4 Å². The van der Waals surface area contributed by atoms with Crippen LogP contribution in [-0.2, 0) is 4.74 Å². The lowest BCUT2D eigenvalue weighted by atomic mass is 9.86. The van der Waals surface area contributed by atoms with Gasteiger partial charge in [-0.3, -0.25) is 9.59 Å². The minimum Gasteiger partial charge on any atom is -0.501 e. The monoisotopic (exact) mass is 516 g/mol. The van der Waals surface area contributed by atoms with Crippen LogP contribution < -0.4 is 5.32 Å². The summed E-state index contributed by atoms with van der Waals surface area (Å²) in [6.07, 6.45) is 11.7. The summed E-state index contributed by atoms with van der Waals surface area (Å²) < 4.78 is 5.29. The highest BCUT2D eigenvalue weighted by atomic mass is 79.9. The van der Waals surface area contributed by atoms with Gasteiger partial charge in [0.25, 0.3) is 5.91 Å². The van der Waals surface area contributed by atoms with Gasteiger partial charge >= 0.3 is 0 Å². The first-order valence-corrected chi connectivity index (χ1v) is 12.1. The summed E-state index contributed by atoms with van der Waals surface area (Å²) >= 11 is 3.65. The minimum atomic E-state index is -0.374. The van der Waals surface area contributed by atoms with Crippen molar-refractivity contribution in [3.8, 4) is 0 Å². The summed E-state index contributed by atoms with van der Waals surface area (Å²) in [5.41, 5.74) is 2.48.